The maximum absolute atomic E-state index is 12.4. The van der Waals surface area contributed by atoms with Crippen molar-refractivity contribution in [1.29, 1.82) is 0 Å². The van der Waals surface area contributed by atoms with E-state index in [-0.39, 0.29) is 5.56 Å². The number of rotatable bonds is 5. The van der Waals surface area contributed by atoms with Gasteiger partial charge in [-0.25, -0.2) is 4.98 Å². The number of aryl methyl sites for hydroxylation is 1. The summed E-state index contributed by atoms with van der Waals surface area (Å²) < 4.78 is 0. The van der Waals surface area contributed by atoms with E-state index in [9.17, 15) is 4.79 Å². The summed E-state index contributed by atoms with van der Waals surface area (Å²) in [6, 6.07) is 15.2. The Morgan fingerprint density at radius 1 is 1.08 bits per heavy atom. The minimum absolute atomic E-state index is 0.0951. The van der Waals surface area contributed by atoms with Crippen LogP contribution in [0.3, 0.4) is 0 Å². The SMILES string of the molecule is Cc1nc(SCc2ccc(N)cc2)[nH]c(=O)c1Cc1ccc(Cl)cc1. The van der Waals surface area contributed by atoms with Gasteiger partial charge in [0, 0.05) is 34.1 Å². The molecule has 3 aromatic rings. The van der Waals surface area contributed by atoms with Gasteiger partial charge in [0.05, 0.1) is 0 Å². The maximum Gasteiger partial charge on any atom is 0.255 e. The highest BCUT2D eigenvalue weighted by Crippen LogP contribution is 2.20. The molecule has 0 saturated carbocycles. The van der Waals surface area contributed by atoms with Gasteiger partial charge in [-0.2, -0.15) is 0 Å². The molecule has 1 aromatic heterocycles. The van der Waals surface area contributed by atoms with Crippen molar-refractivity contribution in [2.45, 2.75) is 24.3 Å². The molecule has 0 radical (unpaired) electrons. The van der Waals surface area contributed by atoms with Crippen molar-refractivity contribution in [3.63, 3.8) is 0 Å². The predicted molar refractivity (Wildman–Crippen MR) is 104 cm³/mol. The lowest BCUT2D eigenvalue weighted by Crippen LogP contribution is -2.17. The standard InChI is InChI=1S/C19H18ClN3OS/c1-12-17(10-13-2-6-15(20)7-3-13)18(24)23-19(22-12)25-11-14-4-8-16(21)9-5-14/h2-9H,10-11,21H2,1H3,(H,22,23,24). The molecule has 0 aliphatic carbocycles. The van der Waals surface area contributed by atoms with Crippen LogP contribution in [0, 0.1) is 6.92 Å². The molecule has 0 spiro atoms. The summed E-state index contributed by atoms with van der Waals surface area (Å²) in [6.45, 7) is 1.87. The fourth-order valence-corrected chi connectivity index (χ4v) is 3.42. The number of nitrogens with two attached hydrogens (primary N) is 1. The van der Waals surface area contributed by atoms with Crippen LogP contribution in [0.1, 0.15) is 22.4 Å². The number of anilines is 1. The van der Waals surface area contributed by atoms with Gasteiger partial charge in [-0.05, 0) is 42.3 Å². The second-order valence-electron chi connectivity index (χ2n) is 5.77. The molecule has 0 bridgehead atoms. The third-order valence-corrected chi connectivity index (χ3v) is 5.05. The van der Waals surface area contributed by atoms with Gasteiger partial charge < -0.3 is 10.7 Å². The molecule has 4 nitrogen and oxygen atoms in total. The first-order valence-electron chi connectivity index (χ1n) is 7.83. The van der Waals surface area contributed by atoms with Crippen molar-refractivity contribution in [2.24, 2.45) is 0 Å². The second-order valence-corrected chi connectivity index (χ2v) is 7.17. The number of thioether (sulfide) groups is 1. The van der Waals surface area contributed by atoms with E-state index in [4.69, 9.17) is 17.3 Å². The van der Waals surface area contributed by atoms with Gasteiger partial charge in [0.25, 0.3) is 5.56 Å². The molecule has 0 unspecified atom stereocenters. The number of nitrogens with zero attached hydrogens (tertiary/aromatic N) is 1. The monoisotopic (exact) mass is 371 g/mol. The van der Waals surface area contributed by atoms with Crippen molar-refractivity contribution in [3.8, 4) is 0 Å². The van der Waals surface area contributed by atoms with Crippen LogP contribution in [-0.4, -0.2) is 9.97 Å². The number of nitrogen functional groups attached to an aromatic ring is 1. The van der Waals surface area contributed by atoms with Crippen molar-refractivity contribution in [3.05, 3.63) is 86.3 Å². The van der Waals surface area contributed by atoms with Crippen molar-refractivity contribution >= 4 is 29.1 Å². The molecule has 2 aromatic carbocycles. The number of aromatic nitrogens is 2. The summed E-state index contributed by atoms with van der Waals surface area (Å²) in [7, 11) is 0. The zero-order valence-corrected chi connectivity index (χ0v) is 15.3. The van der Waals surface area contributed by atoms with E-state index in [1.807, 2.05) is 55.5 Å². The van der Waals surface area contributed by atoms with Gasteiger partial charge in [-0.1, -0.05) is 47.6 Å². The fourth-order valence-electron chi connectivity index (χ4n) is 2.43. The fraction of sp³-hybridized carbons (Fsp3) is 0.158. The van der Waals surface area contributed by atoms with Gasteiger partial charge in [0.15, 0.2) is 5.16 Å². The summed E-state index contributed by atoms with van der Waals surface area (Å²) in [4.78, 5) is 19.8. The van der Waals surface area contributed by atoms with Crippen LogP contribution in [0.25, 0.3) is 0 Å². The van der Waals surface area contributed by atoms with Crippen molar-refractivity contribution in [2.75, 3.05) is 5.73 Å². The predicted octanol–water partition coefficient (Wildman–Crippen LogP) is 4.20. The number of aromatic amines is 1. The van der Waals surface area contributed by atoms with Crippen LogP contribution in [0.2, 0.25) is 5.02 Å². The lowest BCUT2D eigenvalue weighted by atomic mass is 10.1. The van der Waals surface area contributed by atoms with E-state index >= 15 is 0 Å². The van der Waals surface area contributed by atoms with E-state index in [2.05, 4.69) is 9.97 Å². The average molecular weight is 372 g/mol. The third-order valence-electron chi connectivity index (χ3n) is 3.85. The summed E-state index contributed by atoms with van der Waals surface area (Å²) in [6.07, 6.45) is 0.536. The van der Waals surface area contributed by atoms with Crippen LogP contribution in [0.15, 0.2) is 58.5 Å². The Morgan fingerprint density at radius 2 is 1.72 bits per heavy atom. The first-order valence-corrected chi connectivity index (χ1v) is 9.19. The minimum atomic E-state index is -0.0951. The van der Waals surface area contributed by atoms with Crippen LogP contribution in [0.4, 0.5) is 5.69 Å². The van der Waals surface area contributed by atoms with Crippen molar-refractivity contribution in [1.82, 2.24) is 9.97 Å². The zero-order chi connectivity index (χ0) is 17.8. The highest BCUT2D eigenvalue weighted by Gasteiger charge is 2.10. The van der Waals surface area contributed by atoms with Crippen LogP contribution >= 0.6 is 23.4 Å². The number of benzene rings is 2. The first kappa shape index (κ1) is 17.6. The average Bonchev–Trinajstić information content (AvgIpc) is 2.59. The Hall–Kier alpha value is -2.24. The Bertz CT molecular complexity index is 921. The quantitative estimate of drug-likeness (QED) is 0.400. The summed E-state index contributed by atoms with van der Waals surface area (Å²) in [5, 5.41) is 1.31. The summed E-state index contributed by atoms with van der Waals surface area (Å²) >= 11 is 7.40. The van der Waals surface area contributed by atoms with E-state index in [1.165, 1.54) is 11.8 Å². The summed E-state index contributed by atoms with van der Waals surface area (Å²) in [5.74, 6) is 0.721. The Balaban J connectivity index is 1.74. The van der Waals surface area contributed by atoms with Crippen LogP contribution in [0.5, 0.6) is 0 Å². The van der Waals surface area contributed by atoms with Gasteiger partial charge in [-0.3, -0.25) is 4.79 Å². The third kappa shape index (κ3) is 4.65. The normalized spacial score (nSPS) is 10.8. The molecular weight excluding hydrogens is 354 g/mol. The van der Waals surface area contributed by atoms with Gasteiger partial charge >= 0.3 is 0 Å². The Kier molecular flexibility index (Phi) is 5.46. The lowest BCUT2D eigenvalue weighted by Gasteiger charge is -2.08. The molecule has 1 heterocycles. The molecule has 0 amide bonds. The van der Waals surface area contributed by atoms with Crippen LogP contribution in [-0.2, 0) is 12.2 Å². The minimum Gasteiger partial charge on any atom is -0.399 e. The smallest absolute Gasteiger partial charge is 0.255 e. The Labute approximate surface area is 155 Å². The first-order chi connectivity index (χ1) is 12.0. The number of nitrogens with one attached hydrogen (secondary N) is 1. The number of hydrogen-bond acceptors (Lipinski definition) is 4. The summed E-state index contributed by atoms with van der Waals surface area (Å²) in [5.41, 5.74) is 9.92. The molecule has 3 N–H and O–H groups in total. The van der Waals surface area contributed by atoms with Gasteiger partial charge in [-0.15, -0.1) is 0 Å². The number of halogens is 1. The molecule has 3 rings (SSSR count). The number of H-pyrrole nitrogens is 1. The molecule has 25 heavy (non-hydrogen) atoms. The lowest BCUT2D eigenvalue weighted by molar-refractivity contribution is 0.866. The van der Waals surface area contributed by atoms with E-state index in [0.29, 0.717) is 22.2 Å². The van der Waals surface area contributed by atoms with Crippen LogP contribution < -0.4 is 11.3 Å². The topological polar surface area (TPSA) is 71.8 Å². The largest absolute Gasteiger partial charge is 0.399 e. The molecule has 0 saturated heterocycles. The molecule has 128 valence electrons. The second kappa shape index (κ2) is 7.76. The zero-order valence-electron chi connectivity index (χ0n) is 13.8. The molecule has 6 heteroatoms. The molecule has 0 aliphatic heterocycles. The van der Waals surface area contributed by atoms with E-state index < -0.39 is 0 Å². The number of hydrogen-bond donors (Lipinski definition) is 2. The highest BCUT2D eigenvalue weighted by molar-refractivity contribution is 7.98. The molecular formula is C19H18ClN3OS. The molecule has 0 atom stereocenters. The highest BCUT2D eigenvalue weighted by atomic mass is 35.5. The van der Waals surface area contributed by atoms with Crippen molar-refractivity contribution < 1.29 is 0 Å². The maximum atomic E-state index is 12.4. The van der Waals surface area contributed by atoms with E-state index in [0.717, 1.165) is 28.3 Å². The van der Waals surface area contributed by atoms with Gasteiger partial charge in [0.1, 0.15) is 0 Å². The Morgan fingerprint density at radius 3 is 2.36 bits per heavy atom. The van der Waals surface area contributed by atoms with E-state index in [1.54, 1.807) is 0 Å². The van der Waals surface area contributed by atoms with Gasteiger partial charge in [0.2, 0.25) is 0 Å². The molecule has 0 aliphatic rings. The molecule has 0 fully saturated rings.